The number of nitrogens with zero attached hydrogens (tertiary/aromatic N) is 3. The van der Waals surface area contributed by atoms with Crippen molar-refractivity contribution in [2.45, 2.75) is 6.18 Å². The van der Waals surface area contributed by atoms with Crippen LogP contribution in [0.3, 0.4) is 0 Å². The number of fused-ring (bicyclic) bond motifs is 3. The Bertz CT molecular complexity index is 1150. The number of para-hydroxylation sites is 3. The van der Waals surface area contributed by atoms with Gasteiger partial charge in [-0.15, -0.1) is 0 Å². The van der Waals surface area contributed by atoms with E-state index in [9.17, 15) is 18.4 Å². The summed E-state index contributed by atoms with van der Waals surface area (Å²) in [6, 6.07) is 18.4. The SMILES string of the molecule is N#Cc1c(C(F)(F)F)cc(Nc2ccccc2)n2c1nc1ccccc12. The summed E-state index contributed by atoms with van der Waals surface area (Å²) in [5.41, 5.74) is 0.227. The first-order chi connectivity index (χ1) is 12.5. The molecule has 0 amide bonds. The van der Waals surface area contributed by atoms with E-state index in [1.54, 1.807) is 54.6 Å². The summed E-state index contributed by atoms with van der Waals surface area (Å²) in [5.74, 6) is 0.186. The van der Waals surface area contributed by atoms with Crippen LogP contribution < -0.4 is 5.32 Å². The Morgan fingerprint density at radius 2 is 1.69 bits per heavy atom. The molecular weight excluding hydrogens is 341 g/mol. The van der Waals surface area contributed by atoms with Gasteiger partial charge in [0.25, 0.3) is 0 Å². The molecule has 4 aromatic rings. The monoisotopic (exact) mass is 352 g/mol. The van der Waals surface area contributed by atoms with Gasteiger partial charge in [-0.05, 0) is 30.3 Å². The van der Waals surface area contributed by atoms with Crippen LogP contribution in [0.5, 0.6) is 0 Å². The molecule has 7 heteroatoms. The summed E-state index contributed by atoms with van der Waals surface area (Å²) < 4.78 is 42.1. The molecule has 0 unspecified atom stereocenters. The smallest absolute Gasteiger partial charge is 0.341 e. The van der Waals surface area contributed by atoms with E-state index < -0.39 is 17.3 Å². The van der Waals surface area contributed by atoms with Crippen molar-refractivity contribution in [1.82, 2.24) is 9.38 Å². The molecule has 0 aliphatic carbocycles. The molecule has 26 heavy (non-hydrogen) atoms. The second kappa shape index (κ2) is 5.77. The molecule has 0 atom stereocenters. The van der Waals surface area contributed by atoms with Crippen LogP contribution in [0.25, 0.3) is 16.7 Å². The fourth-order valence-electron chi connectivity index (χ4n) is 2.93. The summed E-state index contributed by atoms with van der Waals surface area (Å²) >= 11 is 0. The van der Waals surface area contributed by atoms with Crippen molar-refractivity contribution < 1.29 is 13.2 Å². The number of nitrogens with one attached hydrogen (secondary N) is 1. The second-order valence-electron chi connectivity index (χ2n) is 5.68. The third kappa shape index (κ3) is 2.52. The van der Waals surface area contributed by atoms with Crippen LogP contribution in [0.1, 0.15) is 11.1 Å². The Morgan fingerprint density at radius 1 is 1.00 bits per heavy atom. The quantitative estimate of drug-likeness (QED) is 0.545. The van der Waals surface area contributed by atoms with Gasteiger partial charge in [0, 0.05) is 5.69 Å². The Hall–Kier alpha value is -3.53. The summed E-state index contributed by atoms with van der Waals surface area (Å²) in [5, 5.41) is 12.4. The molecule has 2 aromatic carbocycles. The minimum Gasteiger partial charge on any atom is -0.341 e. The standard InChI is InChI=1S/C19H11F3N4/c20-19(21,22)14-10-17(24-12-6-2-1-3-7-12)26-16-9-5-4-8-15(16)25-18(26)13(14)11-23/h1-10,24H. The summed E-state index contributed by atoms with van der Waals surface area (Å²) in [4.78, 5) is 4.26. The molecule has 1 N–H and O–H groups in total. The Morgan fingerprint density at radius 3 is 2.38 bits per heavy atom. The molecule has 0 spiro atoms. The number of halogens is 3. The van der Waals surface area contributed by atoms with Crippen LogP contribution in [0.15, 0.2) is 60.7 Å². The van der Waals surface area contributed by atoms with Gasteiger partial charge in [0.05, 0.1) is 16.6 Å². The van der Waals surface area contributed by atoms with E-state index >= 15 is 0 Å². The first-order valence-electron chi connectivity index (χ1n) is 7.72. The van der Waals surface area contributed by atoms with Gasteiger partial charge < -0.3 is 5.32 Å². The molecule has 0 radical (unpaired) electrons. The third-order valence-electron chi connectivity index (χ3n) is 4.04. The highest BCUT2D eigenvalue weighted by Gasteiger charge is 2.36. The molecule has 0 fully saturated rings. The minimum absolute atomic E-state index is 0.0260. The van der Waals surface area contributed by atoms with Crippen molar-refractivity contribution in [2.24, 2.45) is 0 Å². The number of benzene rings is 2. The average molecular weight is 352 g/mol. The largest absolute Gasteiger partial charge is 0.417 e. The lowest BCUT2D eigenvalue weighted by atomic mass is 10.1. The predicted molar refractivity (Wildman–Crippen MR) is 92.1 cm³/mol. The molecule has 2 heterocycles. The van der Waals surface area contributed by atoms with Crippen molar-refractivity contribution in [2.75, 3.05) is 5.32 Å². The van der Waals surface area contributed by atoms with Gasteiger partial charge in [-0.25, -0.2) is 4.98 Å². The van der Waals surface area contributed by atoms with Crippen molar-refractivity contribution in [3.05, 3.63) is 71.8 Å². The summed E-state index contributed by atoms with van der Waals surface area (Å²) in [7, 11) is 0. The Balaban J connectivity index is 2.10. The molecule has 0 saturated heterocycles. The number of nitriles is 1. The number of imidazole rings is 1. The first kappa shape index (κ1) is 16.0. The Kier molecular flexibility index (Phi) is 3.55. The van der Waals surface area contributed by atoms with Crippen LogP contribution in [0, 0.1) is 11.3 Å². The van der Waals surface area contributed by atoms with Crippen molar-refractivity contribution in [3.63, 3.8) is 0 Å². The third-order valence-corrected chi connectivity index (χ3v) is 4.04. The molecule has 0 aliphatic heterocycles. The van der Waals surface area contributed by atoms with E-state index in [0.29, 0.717) is 16.7 Å². The van der Waals surface area contributed by atoms with Crippen LogP contribution in [0.2, 0.25) is 0 Å². The van der Waals surface area contributed by atoms with E-state index in [4.69, 9.17) is 0 Å². The van der Waals surface area contributed by atoms with Gasteiger partial charge in [-0.2, -0.15) is 18.4 Å². The number of alkyl halides is 3. The minimum atomic E-state index is -4.67. The van der Waals surface area contributed by atoms with Gasteiger partial charge in [0.1, 0.15) is 17.5 Å². The maximum Gasteiger partial charge on any atom is 0.417 e. The van der Waals surface area contributed by atoms with Crippen LogP contribution in [-0.2, 0) is 6.18 Å². The summed E-state index contributed by atoms with van der Waals surface area (Å²) in [6.45, 7) is 0. The highest BCUT2D eigenvalue weighted by atomic mass is 19.4. The molecule has 0 saturated carbocycles. The lowest BCUT2D eigenvalue weighted by Gasteiger charge is -2.15. The molecule has 4 rings (SSSR count). The van der Waals surface area contributed by atoms with Gasteiger partial charge in [-0.3, -0.25) is 4.40 Å². The maximum absolute atomic E-state index is 13.5. The summed E-state index contributed by atoms with van der Waals surface area (Å²) in [6.07, 6.45) is -4.67. The van der Waals surface area contributed by atoms with Gasteiger partial charge >= 0.3 is 6.18 Å². The molecular formula is C19H11F3N4. The van der Waals surface area contributed by atoms with Gasteiger partial charge in [0.15, 0.2) is 5.65 Å². The fourth-order valence-corrected chi connectivity index (χ4v) is 2.93. The zero-order valence-electron chi connectivity index (χ0n) is 13.2. The lowest BCUT2D eigenvalue weighted by molar-refractivity contribution is -0.137. The molecule has 128 valence electrons. The molecule has 2 aromatic heterocycles. The van der Waals surface area contributed by atoms with Crippen molar-refractivity contribution in [1.29, 1.82) is 5.26 Å². The number of rotatable bonds is 2. The van der Waals surface area contributed by atoms with Crippen LogP contribution in [0.4, 0.5) is 24.7 Å². The van der Waals surface area contributed by atoms with E-state index in [-0.39, 0.29) is 11.5 Å². The number of hydrogen-bond donors (Lipinski definition) is 1. The van der Waals surface area contributed by atoms with E-state index in [2.05, 4.69) is 10.3 Å². The molecule has 4 nitrogen and oxygen atoms in total. The zero-order chi connectivity index (χ0) is 18.3. The molecule has 0 aliphatic rings. The van der Waals surface area contributed by atoms with Crippen molar-refractivity contribution >= 4 is 28.2 Å². The first-order valence-corrected chi connectivity index (χ1v) is 7.72. The average Bonchev–Trinajstić information content (AvgIpc) is 3.01. The van der Waals surface area contributed by atoms with Crippen LogP contribution in [-0.4, -0.2) is 9.38 Å². The number of pyridine rings is 1. The number of aromatic nitrogens is 2. The topological polar surface area (TPSA) is 53.1 Å². The highest BCUT2D eigenvalue weighted by Crippen LogP contribution is 2.37. The predicted octanol–water partition coefficient (Wildman–Crippen LogP) is 5.12. The van der Waals surface area contributed by atoms with E-state index in [1.165, 1.54) is 4.40 Å². The number of hydrogen-bond acceptors (Lipinski definition) is 3. The van der Waals surface area contributed by atoms with Crippen LogP contribution >= 0.6 is 0 Å². The fraction of sp³-hybridized carbons (Fsp3) is 0.0526. The lowest BCUT2D eigenvalue weighted by Crippen LogP contribution is -2.12. The Labute approximate surface area is 146 Å². The van der Waals surface area contributed by atoms with E-state index in [1.807, 2.05) is 6.07 Å². The van der Waals surface area contributed by atoms with Gasteiger partial charge in [-0.1, -0.05) is 30.3 Å². The second-order valence-corrected chi connectivity index (χ2v) is 5.68. The highest BCUT2D eigenvalue weighted by molar-refractivity contribution is 5.86. The molecule has 0 bridgehead atoms. The maximum atomic E-state index is 13.5. The number of anilines is 2. The zero-order valence-corrected chi connectivity index (χ0v) is 13.2. The van der Waals surface area contributed by atoms with Gasteiger partial charge in [0.2, 0.25) is 0 Å². The normalized spacial score (nSPS) is 11.6. The van der Waals surface area contributed by atoms with Crippen molar-refractivity contribution in [3.8, 4) is 6.07 Å². The van der Waals surface area contributed by atoms with E-state index in [0.717, 1.165) is 6.07 Å².